The lowest BCUT2D eigenvalue weighted by Crippen LogP contribution is -2.14. The van der Waals surface area contributed by atoms with Crippen molar-refractivity contribution in [3.05, 3.63) is 47.5 Å². The molecule has 2 fully saturated rings. The minimum atomic E-state index is -0.0986. The van der Waals surface area contributed by atoms with E-state index in [2.05, 4.69) is 0 Å². The minimum absolute atomic E-state index is 0.0986. The minimum Gasteiger partial charge on any atom is -0.504 e. The van der Waals surface area contributed by atoms with Crippen molar-refractivity contribution in [3.8, 4) is 23.0 Å². The maximum absolute atomic E-state index is 9.80. The number of rotatable bonds is 4. The van der Waals surface area contributed by atoms with Crippen molar-refractivity contribution in [1.29, 1.82) is 0 Å². The molecule has 0 bridgehead atoms. The van der Waals surface area contributed by atoms with Gasteiger partial charge in [-0.05, 0) is 35.4 Å². The molecule has 6 nitrogen and oxygen atoms in total. The molecule has 2 N–H and O–H groups in total. The monoisotopic (exact) mass is 358 g/mol. The number of hydrogen-bond acceptors (Lipinski definition) is 6. The van der Waals surface area contributed by atoms with Crippen molar-refractivity contribution in [2.24, 2.45) is 11.8 Å². The Morgan fingerprint density at radius 3 is 1.58 bits per heavy atom. The highest BCUT2D eigenvalue weighted by Crippen LogP contribution is 2.51. The Labute approximate surface area is 151 Å². The fraction of sp³-hybridized carbons (Fsp3) is 0.400. The van der Waals surface area contributed by atoms with E-state index in [-0.39, 0.29) is 35.5 Å². The zero-order chi connectivity index (χ0) is 18.3. The molecule has 4 atom stereocenters. The number of aromatic hydroxyl groups is 2. The van der Waals surface area contributed by atoms with E-state index in [1.165, 1.54) is 14.2 Å². The van der Waals surface area contributed by atoms with Gasteiger partial charge in [0.05, 0.1) is 39.6 Å². The highest BCUT2D eigenvalue weighted by atomic mass is 16.5. The Kier molecular flexibility index (Phi) is 4.38. The zero-order valence-corrected chi connectivity index (χ0v) is 14.7. The largest absolute Gasteiger partial charge is 0.504 e. The number of ether oxygens (including phenoxy) is 4. The molecule has 2 aliphatic heterocycles. The molecule has 2 heterocycles. The SMILES string of the molecule is COc1cc(C2OCC3C(c4ccc(O)c(OC)c4)OCC23)ccc1O. The van der Waals surface area contributed by atoms with Gasteiger partial charge in [0.2, 0.25) is 0 Å². The summed E-state index contributed by atoms with van der Waals surface area (Å²) in [6.45, 7) is 1.18. The Morgan fingerprint density at radius 1 is 0.769 bits per heavy atom. The molecule has 2 aliphatic rings. The summed E-state index contributed by atoms with van der Waals surface area (Å²) >= 11 is 0. The van der Waals surface area contributed by atoms with Gasteiger partial charge in [0.25, 0.3) is 0 Å². The molecule has 138 valence electrons. The van der Waals surface area contributed by atoms with Crippen LogP contribution in [-0.2, 0) is 9.47 Å². The van der Waals surface area contributed by atoms with Gasteiger partial charge in [0.1, 0.15) is 0 Å². The Balaban J connectivity index is 1.58. The lowest BCUT2D eigenvalue weighted by Gasteiger charge is -2.18. The van der Waals surface area contributed by atoms with E-state index in [0.29, 0.717) is 24.7 Å². The van der Waals surface area contributed by atoms with Gasteiger partial charge in [-0.1, -0.05) is 12.1 Å². The van der Waals surface area contributed by atoms with E-state index in [9.17, 15) is 10.2 Å². The third kappa shape index (κ3) is 2.75. The number of benzene rings is 2. The maximum Gasteiger partial charge on any atom is 0.160 e. The van der Waals surface area contributed by atoms with Crippen LogP contribution < -0.4 is 9.47 Å². The maximum atomic E-state index is 9.80. The Morgan fingerprint density at radius 2 is 1.19 bits per heavy atom. The molecule has 0 amide bonds. The number of fused-ring (bicyclic) bond motifs is 1. The highest BCUT2D eigenvalue weighted by molar-refractivity contribution is 5.44. The summed E-state index contributed by atoms with van der Waals surface area (Å²) in [4.78, 5) is 0. The standard InChI is InChI=1S/C20H22O6/c1-23-17-7-11(3-5-15(17)21)19-13-9-26-20(14(13)10-25-19)12-4-6-16(22)18(8-12)24-2/h3-8,13-14,19-22H,9-10H2,1-2H3. The van der Waals surface area contributed by atoms with Crippen molar-refractivity contribution in [2.45, 2.75) is 12.2 Å². The molecule has 26 heavy (non-hydrogen) atoms. The van der Waals surface area contributed by atoms with Gasteiger partial charge in [0, 0.05) is 11.8 Å². The second kappa shape index (κ2) is 6.70. The molecule has 6 heteroatoms. The van der Waals surface area contributed by atoms with Crippen molar-refractivity contribution >= 4 is 0 Å². The van der Waals surface area contributed by atoms with Gasteiger partial charge in [-0.3, -0.25) is 0 Å². The van der Waals surface area contributed by atoms with Crippen LogP contribution in [0.25, 0.3) is 0 Å². The molecule has 2 aromatic carbocycles. The molecule has 2 aromatic rings. The first-order valence-electron chi connectivity index (χ1n) is 8.59. The molecule has 0 aromatic heterocycles. The van der Waals surface area contributed by atoms with Crippen molar-refractivity contribution in [2.75, 3.05) is 27.4 Å². The van der Waals surface area contributed by atoms with Crippen molar-refractivity contribution in [1.82, 2.24) is 0 Å². The van der Waals surface area contributed by atoms with E-state index >= 15 is 0 Å². The molecule has 4 rings (SSSR count). The summed E-state index contributed by atoms with van der Waals surface area (Å²) in [5.41, 5.74) is 1.94. The summed E-state index contributed by atoms with van der Waals surface area (Å²) in [6.07, 6.45) is -0.197. The molecular weight excluding hydrogens is 336 g/mol. The summed E-state index contributed by atoms with van der Waals surface area (Å²) < 4.78 is 22.6. The van der Waals surface area contributed by atoms with Crippen LogP contribution in [-0.4, -0.2) is 37.6 Å². The lowest BCUT2D eigenvalue weighted by atomic mass is 9.85. The fourth-order valence-corrected chi connectivity index (χ4v) is 3.98. The average molecular weight is 358 g/mol. The van der Waals surface area contributed by atoms with Gasteiger partial charge in [-0.2, -0.15) is 0 Å². The van der Waals surface area contributed by atoms with Gasteiger partial charge in [0.15, 0.2) is 23.0 Å². The third-order valence-corrected chi connectivity index (χ3v) is 5.33. The van der Waals surface area contributed by atoms with Crippen molar-refractivity contribution < 1.29 is 29.2 Å². The highest BCUT2D eigenvalue weighted by Gasteiger charge is 2.48. The first kappa shape index (κ1) is 17.0. The first-order valence-corrected chi connectivity index (χ1v) is 8.59. The molecule has 2 saturated heterocycles. The van der Waals surface area contributed by atoms with E-state index in [1.807, 2.05) is 24.3 Å². The summed E-state index contributed by atoms with van der Waals surface area (Å²) in [5.74, 6) is 1.54. The molecule has 0 radical (unpaired) electrons. The average Bonchev–Trinajstić information content (AvgIpc) is 3.25. The van der Waals surface area contributed by atoms with Crippen LogP contribution in [0.5, 0.6) is 23.0 Å². The predicted molar refractivity (Wildman–Crippen MR) is 93.7 cm³/mol. The predicted octanol–water partition coefficient (Wildman–Crippen LogP) is 3.19. The van der Waals surface area contributed by atoms with Gasteiger partial charge in [-0.25, -0.2) is 0 Å². The van der Waals surface area contributed by atoms with Crippen molar-refractivity contribution in [3.63, 3.8) is 0 Å². The van der Waals surface area contributed by atoms with Crippen LogP contribution in [0.3, 0.4) is 0 Å². The second-order valence-electron chi connectivity index (χ2n) is 6.70. The van der Waals surface area contributed by atoms with Gasteiger partial charge in [-0.15, -0.1) is 0 Å². The van der Waals surface area contributed by atoms with Crippen LogP contribution in [0.15, 0.2) is 36.4 Å². The molecule has 0 spiro atoms. The molecular formula is C20H22O6. The first-order chi connectivity index (χ1) is 12.6. The fourth-order valence-electron chi connectivity index (χ4n) is 3.98. The van der Waals surface area contributed by atoms with E-state index in [4.69, 9.17) is 18.9 Å². The number of hydrogen-bond donors (Lipinski definition) is 2. The number of phenolic OH excluding ortho intramolecular Hbond substituents is 2. The van der Waals surface area contributed by atoms with Crippen LogP contribution in [0, 0.1) is 11.8 Å². The lowest BCUT2D eigenvalue weighted by molar-refractivity contribution is 0.0191. The summed E-state index contributed by atoms with van der Waals surface area (Å²) in [7, 11) is 3.06. The number of phenols is 2. The van der Waals surface area contributed by atoms with E-state index < -0.39 is 0 Å². The van der Waals surface area contributed by atoms with Crippen LogP contribution in [0.2, 0.25) is 0 Å². The normalized spacial score (nSPS) is 27.3. The number of methoxy groups -OCH3 is 2. The van der Waals surface area contributed by atoms with Gasteiger partial charge >= 0.3 is 0 Å². The van der Waals surface area contributed by atoms with Gasteiger partial charge < -0.3 is 29.2 Å². The Bertz CT molecular complexity index is 737. The smallest absolute Gasteiger partial charge is 0.160 e. The van der Waals surface area contributed by atoms with Crippen LogP contribution in [0.4, 0.5) is 0 Å². The quantitative estimate of drug-likeness (QED) is 0.874. The summed E-state index contributed by atoms with van der Waals surface area (Å²) in [5, 5.41) is 19.6. The third-order valence-electron chi connectivity index (χ3n) is 5.33. The van der Waals surface area contributed by atoms with E-state index in [0.717, 1.165) is 11.1 Å². The molecule has 0 saturated carbocycles. The Hall–Kier alpha value is -2.44. The summed E-state index contributed by atoms with van der Waals surface area (Å²) in [6, 6.07) is 10.6. The van der Waals surface area contributed by atoms with Crippen LogP contribution >= 0.6 is 0 Å². The van der Waals surface area contributed by atoms with Crippen LogP contribution in [0.1, 0.15) is 23.3 Å². The van der Waals surface area contributed by atoms with E-state index in [1.54, 1.807) is 12.1 Å². The second-order valence-corrected chi connectivity index (χ2v) is 6.70. The topological polar surface area (TPSA) is 77.4 Å². The molecule has 4 unspecified atom stereocenters. The zero-order valence-electron chi connectivity index (χ0n) is 14.7. The molecule has 0 aliphatic carbocycles.